The molecule has 0 aliphatic carbocycles. The molecule has 0 fully saturated rings. The monoisotopic (exact) mass is 501 g/mol. The molecule has 0 bridgehead atoms. The summed E-state index contributed by atoms with van der Waals surface area (Å²) < 4.78 is 19.1. The van der Waals surface area contributed by atoms with E-state index in [-0.39, 0.29) is 6.10 Å². The lowest BCUT2D eigenvalue weighted by atomic mass is 10.2. The number of aliphatic hydroxyl groups is 1. The minimum atomic E-state index is -0.585. The Morgan fingerprint density at radius 1 is 1.11 bits per heavy atom. The predicted molar refractivity (Wildman–Crippen MR) is 139 cm³/mol. The van der Waals surface area contributed by atoms with Gasteiger partial charge in [-0.15, -0.1) is 0 Å². The molecule has 1 N–H and O–H groups in total. The van der Waals surface area contributed by atoms with Gasteiger partial charge in [-0.1, -0.05) is 24.6 Å². The smallest absolute Gasteiger partial charge is 0.227 e. The van der Waals surface area contributed by atoms with E-state index in [1.807, 2.05) is 69.3 Å². The molecule has 1 atom stereocenters. The second-order valence-corrected chi connectivity index (χ2v) is 9.25. The van der Waals surface area contributed by atoms with Crippen molar-refractivity contribution < 1.29 is 19.3 Å². The number of halogens is 1. The van der Waals surface area contributed by atoms with E-state index in [9.17, 15) is 5.11 Å². The summed E-state index contributed by atoms with van der Waals surface area (Å²) in [4.78, 5) is 2.21. The Hall–Kier alpha value is -2.58. The number of hydrogen-bond acceptors (Lipinski definition) is 6. The summed E-state index contributed by atoms with van der Waals surface area (Å²) in [7, 11) is 1.63. The van der Waals surface area contributed by atoms with Gasteiger partial charge in [0.05, 0.1) is 42.9 Å². The van der Waals surface area contributed by atoms with Gasteiger partial charge in [-0.2, -0.15) is 5.10 Å². The van der Waals surface area contributed by atoms with E-state index in [2.05, 4.69) is 11.8 Å². The number of benzene rings is 2. The lowest BCUT2D eigenvalue weighted by molar-refractivity contribution is -0.00957. The van der Waals surface area contributed by atoms with Crippen LogP contribution in [0.2, 0.25) is 5.02 Å². The van der Waals surface area contributed by atoms with Crippen LogP contribution in [0, 0.1) is 6.92 Å². The Bertz CT molecular complexity index is 1070. The summed E-state index contributed by atoms with van der Waals surface area (Å²) in [6.07, 6.45) is 0.443. The van der Waals surface area contributed by atoms with Crippen LogP contribution < -0.4 is 9.47 Å². The first kappa shape index (κ1) is 27.0. The fourth-order valence-corrected chi connectivity index (χ4v) is 3.98. The van der Waals surface area contributed by atoms with Crippen LogP contribution >= 0.6 is 11.6 Å². The zero-order valence-corrected chi connectivity index (χ0v) is 22.0. The van der Waals surface area contributed by atoms with E-state index in [0.29, 0.717) is 36.3 Å². The molecule has 3 aromatic rings. The van der Waals surface area contributed by atoms with Crippen molar-refractivity contribution in [2.24, 2.45) is 0 Å². The highest BCUT2D eigenvalue weighted by Crippen LogP contribution is 2.33. The summed E-state index contributed by atoms with van der Waals surface area (Å²) in [5, 5.41) is 16.0. The summed E-state index contributed by atoms with van der Waals surface area (Å²) in [6.45, 7) is 10.2. The van der Waals surface area contributed by atoms with Gasteiger partial charge in [0.1, 0.15) is 11.5 Å². The molecular formula is C27H36ClN3O4. The molecule has 0 saturated heterocycles. The Morgan fingerprint density at radius 3 is 2.46 bits per heavy atom. The van der Waals surface area contributed by atoms with Crippen molar-refractivity contribution in [1.82, 2.24) is 14.7 Å². The van der Waals surface area contributed by atoms with Gasteiger partial charge in [0.2, 0.25) is 5.88 Å². The molecule has 2 aromatic carbocycles. The molecule has 1 heterocycles. The van der Waals surface area contributed by atoms with Crippen LogP contribution in [0.1, 0.15) is 38.4 Å². The Morgan fingerprint density at radius 2 is 1.83 bits per heavy atom. The second-order valence-electron chi connectivity index (χ2n) is 8.81. The molecule has 0 amide bonds. The van der Waals surface area contributed by atoms with Crippen molar-refractivity contribution in [3.8, 4) is 23.1 Å². The van der Waals surface area contributed by atoms with Crippen LogP contribution in [0.4, 0.5) is 0 Å². The number of hydrogen-bond donors (Lipinski definition) is 1. The van der Waals surface area contributed by atoms with Gasteiger partial charge >= 0.3 is 0 Å². The molecule has 1 unspecified atom stereocenters. The molecule has 3 rings (SSSR count). The average molecular weight is 502 g/mol. The normalized spacial score (nSPS) is 12.4. The third-order valence-corrected chi connectivity index (χ3v) is 5.71. The molecule has 7 nitrogen and oxygen atoms in total. The number of aliphatic hydroxyl groups excluding tert-OH is 1. The van der Waals surface area contributed by atoms with Gasteiger partial charge in [0, 0.05) is 18.1 Å². The lowest BCUT2D eigenvalue weighted by Gasteiger charge is -2.25. The topological polar surface area (TPSA) is 69.0 Å². The molecule has 0 aliphatic heterocycles. The van der Waals surface area contributed by atoms with Gasteiger partial charge in [0.25, 0.3) is 0 Å². The van der Waals surface area contributed by atoms with Gasteiger partial charge in [-0.05, 0) is 76.2 Å². The largest absolute Gasteiger partial charge is 0.497 e. The number of aryl methyl sites for hydroxylation is 1. The maximum atomic E-state index is 10.6. The molecule has 8 heteroatoms. The molecule has 1 aromatic heterocycles. The first-order valence-corrected chi connectivity index (χ1v) is 12.4. The highest BCUT2D eigenvalue weighted by atomic mass is 35.5. The van der Waals surface area contributed by atoms with Crippen molar-refractivity contribution in [1.29, 1.82) is 0 Å². The van der Waals surface area contributed by atoms with Gasteiger partial charge < -0.3 is 19.3 Å². The predicted octanol–water partition coefficient (Wildman–Crippen LogP) is 5.63. The third kappa shape index (κ3) is 7.70. The number of aromatic nitrogens is 2. The third-order valence-electron chi connectivity index (χ3n) is 5.48. The minimum absolute atomic E-state index is 0.0759. The quantitative estimate of drug-likeness (QED) is 0.327. The van der Waals surface area contributed by atoms with Crippen LogP contribution in [0.25, 0.3) is 5.69 Å². The van der Waals surface area contributed by atoms with E-state index in [0.717, 1.165) is 35.7 Å². The summed E-state index contributed by atoms with van der Waals surface area (Å²) >= 11 is 6.28. The summed E-state index contributed by atoms with van der Waals surface area (Å²) in [6, 6.07) is 15.0. The summed E-state index contributed by atoms with van der Waals surface area (Å²) in [5.41, 5.74) is 2.61. The Labute approximate surface area is 213 Å². The van der Waals surface area contributed by atoms with Gasteiger partial charge in [-0.3, -0.25) is 4.90 Å². The maximum absolute atomic E-state index is 10.6. The highest BCUT2D eigenvalue weighted by molar-refractivity contribution is 6.30. The van der Waals surface area contributed by atoms with Crippen molar-refractivity contribution in [3.63, 3.8) is 0 Å². The van der Waals surface area contributed by atoms with Crippen LogP contribution in [-0.4, -0.2) is 58.8 Å². The van der Waals surface area contributed by atoms with Crippen LogP contribution in [0.5, 0.6) is 17.4 Å². The van der Waals surface area contributed by atoms with Gasteiger partial charge in [-0.25, -0.2) is 4.68 Å². The molecule has 190 valence electrons. The van der Waals surface area contributed by atoms with Crippen molar-refractivity contribution in [2.75, 3.05) is 26.8 Å². The lowest BCUT2D eigenvalue weighted by Crippen LogP contribution is -2.35. The molecular weight excluding hydrogens is 466 g/mol. The number of methoxy groups -OCH3 is 1. The SMILES string of the molecule is CCCN(Cc1c(C)nn(-c2cccc(Cl)c2)c1Oc1ccc(OC)cc1)CC(O)COC(C)C. The van der Waals surface area contributed by atoms with Gasteiger partial charge in [0.15, 0.2) is 0 Å². The van der Waals surface area contributed by atoms with Crippen molar-refractivity contribution in [2.45, 2.75) is 52.9 Å². The van der Waals surface area contributed by atoms with E-state index < -0.39 is 6.10 Å². The molecule has 0 spiro atoms. The van der Waals surface area contributed by atoms with E-state index >= 15 is 0 Å². The number of rotatable bonds is 13. The molecule has 0 saturated carbocycles. The average Bonchev–Trinajstić information content (AvgIpc) is 3.13. The summed E-state index contributed by atoms with van der Waals surface area (Å²) in [5.74, 6) is 2.04. The fourth-order valence-electron chi connectivity index (χ4n) is 3.79. The van der Waals surface area contributed by atoms with Crippen LogP contribution in [0.3, 0.4) is 0 Å². The Balaban J connectivity index is 1.95. The van der Waals surface area contributed by atoms with E-state index in [1.165, 1.54) is 0 Å². The van der Waals surface area contributed by atoms with Crippen molar-refractivity contribution in [3.05, 3.63) is 64.8 Å². The second kappa shape index (κ2) is 12.9. The van der Waals surface area contributed by atoms with Crippen LogP contribution in [-0.2, 0) is 11.3 Å². The number of ether oxygens (including phenoxy) is 3. The zero-order chi connectivity index (χ0) is 25.4. The fraction of sp³-hybridized carbons (Fsp3) is 0.444. The number of nitrogens with zero attached hydrogens (tertiary/aromatic N) is 3. The van der Waals surface area contributed by atoms with E-state index in [4.69, 9.17) is 30.9 Å². The van der Waals surface area contributed by atoms with Crippen LogP contribution in [0.15, 0.2) is 48.5 Å². The zero-order valence-electron chi connectivity index (χ0n) is 21.2. The molecule has 0 aliphatic rings. The molecule has 35 heavy (non-hydrogen) atoms. The Kier molecular flexibility index (Phi) is 9.98. The first-order chi connectivity index (χ1) is 16.8. The van der Waals surface area contributed by atoms with Crippen molar-refractivity contribution >= 4 is 11.6 Å². The van der Waals surface area contributed by atoms with E-state index in [1.54, 1.807) is 11.8 Å². The molecule has 0 radical (unpaired) electrons. The maximum Gasteiger partial charge on any atom is 0.227 e. The highest BCUT2D eigenvalue weighted by Gasteiger charge is 2.23. The minimum Gasteiger partial charge on any atom is -0.497 e. The first-order valence-electron chi connectivity index (χ1n) is 12.0. The standard InChI is InChI=1S/C27H36ClN3O4/c1-6-14-30(16-23(32)18-34-19(2)3)17-26-20(4)29-31(22-9-7-8-21(28)15-22)27(26)35-25-12-10-24(33-5)11-13-25/h7-13,15,19,23,32H,6,14,16-18H2,1-5H3.